The van der Waals surface area contributed by atoms with Crippen molar-refractivity contribution in [2.24, 2.45) is 0 Å². The first-order valence-electron chi connectivity index (χ1n) is 11.6. The van der Waals surface area contributed by atoms with Crippen molar-refractivity contribution in [2.75, 3.05) is 26.0 Å². The molecular formula is C30H30N4O2Pt. The number of hydrogen-bond donors (Lipinski definition) is 1. The predicted octanol–water partition coefficient (Wildman–Crippen LogP) is 4.82. The number of benzene rings is 2. The molecule has 0 unspecified atom stereocenters. The molecule has 0 amide bonds. The van der Waals surface area contributed by atoms with Gasteiger partial charge in [0.2, 0.25) is 0 Å². The van der Waals surface area contributed by atoms with Gasteiger partial charge in [0.1, 0.15) is 12.1 Å². The van der Waals surface area contributed by atoms with Gasteiger partial charge in [-0.15, -0.1) is 65.2 Å². The molecule has 37 heavy (non-hydrogen) atoms. The van der Waals surface area contributed by atoms with Crippen LogP contribution in [0.15, 0.2) is 73.1 Å². The normalized spacial score (nSPS) is 9.95. The summed E-state index contributed by atoms with van der Waals surface area (Å²) in [5, 5.41) is 3.11. The van der Waals surface area contributed by atoms with Crippen molar-refractivity contribution < 1.29 is 30.7 Å². The maximum atomic E-state index is 11.4. The van der Waals surface area contributed by atoms with Crippen molar-refractivity contribution in [3.8, 4) is 22.5 Å². The Balaban J connectivity index is 0.000000253. The van der Waals surface area contributed by atoms with Crippen LogP contribution in [0.5, 0.6) is 0 Å². The standard InChI is InChI=1S/2C15H15N2O.Pt/c1-11(18)12-5-4-6-13(9-12)15-10-14(17(2)3)7-8-16-15;1-16-11-13-5-7-17-15(10-13)14-4-2-3-12(9-14)6-8-18;/h4-5,7-10H,1-3H3;2-3,5,7-10,16H,6,11H2,1H3;/q2*-1;+2. The van der Waals surface area contributed by atoms with Gasteiger partial charge in [0.25, 0.3) is 0 Å². The molecule has 0 saturated carbocycles. The van der Waals surface area contributed by atoms with E-state index in [1.165, 1.54) is 5.56 Å². The molecular weight excluding hydrogens is 643 g/mol. The van der Waals surface area contributed by atoms with Crippen LogP contribution in [0.4, 0.5) is 5.69 Å². The van der Waals surface area contributed by atoms with E-state index in [2.05, 4.69) is 27.4 Å². The third-order valence-corrected chi connectivity index (χ3v) is 5.41. The summed E-state index contributed by atoms with van der Waals surface area (Å²) in [6.07, 6.45) is 4.89. The average molecular weight is 674 g/mol. The number of nitrogens with one attached hydrogen (secondary N) is 1. The van der Waals surface area contributed by atoms with Crippen molar-refractivity contribution in [1.82, 2.24) is 15.3 Å². The minimum absolute atomic E-state index is 0. The van der Waals surface area contributed by atoms with Gasteiger partial charge in [-0.1, -0.05) is 17.7 Å². The molecule has 192 valence electrons. The molecule has 1 N–H and O–H groups in total. The van der Waals surface area contributed by atoms with Gasteiger partial charge in [0, 0.05) is 45.1 Å². The number of hydrogen-bond acceptors (Lipinski definition) is 6. The number of nitrogens with zero attached hydrogens (tertiary/aromatic N) is 3. The SMILES string of the molecule is CC(=O)c1cc[c-]c(-c2cc(N(C)C)ccn2)c1.CNCc1ccnc(-c2[c-]ccc(CC=O)c2)c1.[Pt+2]. The zero-order chi connectivity index (χ0) is 25.9. The van der Waals surface area contributed by atoms with Crippen LogP contribution in [0, 0.1) is 12.1 Å². The largest absolute Gasteiger partial charge is 2.00 e. The van der Waals surface area contributed by atoms with E-state index in [0.717, 1.165) is 46.6 Å². The quantitative estimate of drug-likeness (QED) is 0.164. The van der Waals surface area contributed by atoms with Crippen molar-refractivity contribution in [2.45, 2.75) is 19.9 Å². The van der Waals surface area contributed by atoms with E-state index in [1.54, 1.807) is 31.5 Å². The minimum Gasteiger partial charge on any atom is -0.378 e. The van der Waals surface area contributed by atoms with Gasteiger partial charge in [-0.2, -0.15) is 0 Å². The second kappa shape index (κ2) is 14.9. The Morgan fingerprint density at radius 3 is 2.22 bits per heavy atom. The van der Waals surface area contributed by atoms with E-state index in [0.29, 0.717) is 12.0 Å². The third kappa shape index (κ3) is 8.85. The first-order chi connectivity index (χ1) is 17.4. The predicted molar refractivity (Wildman–Crippen MR) is 144 cm³/mol. The van der Waals surface area contributed by atoms with E-state index in [4.69, 9.17) is 0 Å². The fraction of sp³-hybridized carbons (Fsp3) is 0.200. The maximum Gasteiger partial charge on any atom is 2.00 e. The van der Waals surface area contributed by atoms with Gasteiger partial charge in [0.05, 0.1) is 0 Å². The Kier molecular flexibility index (Phi) is 12.0. The molecule has 6 nitrogen and oxygen atoms in total. The molecule has 0 bridgehead atoms. The molecule has 0 aliphatic heterocycles. The topological polar surface area (TPSA) is 75.2 Å². The number of pyridine rings is 2. The molecule has 2 heterocycles. The number of carbonyl (C=O) groups excluding carboxylic acids is 2. The van der Waals surface area contributed by atoms with E-state index < -0.39 is 0 Å². The Labute approximate surface area is 233 Å². The van der Waals surface area contributed by atoms with Crippen molar-refractivity contribution in [1.29, 1.82) is 0 Å². The van der Waals surface area contributed by atoms with Crippen molar-refractivity contribution in [3.05, 3.63) is 102 Å². The smallest absolute Gasteiger partial charge is 0.378 e. The summed E-state index contributed by atoms with van der Waals surface area (Å²) >= 11 is 0. The summed E-state index contributed by atoms with van der Waals surface area (Å²) in [6.45, 7) is 2.37. The fourth-order valence-corrected chi connectivity index (χ4v) is 3.50. The molecule has 0 atom stereocenters. The zero-order valence-electron chi connectivity index (χ0n) is 21.4. The van der Waals surface area contributed by atoms with Crippen LogP contribution in [0.2, 0.25) is 0 Å². The average Bonchev–Trinajstić information content (AvgIpc) is 2.90. The summed E-state index contributed by atoms with van der Waals surface area (Å²) in [4.78, 5) is 32.6. The van der Waals surface area contributed by atoms with Gasteiger partial charge in [0.15, 0.2) is 0 Å². The second-order valence-corrected chi connectivity index (χ2v) is 8.40. The molecule has 2 aromatic carbocycles. The summed E-state index contributed by atoms with van der Waals surface area (Å²) in [5.41, 5.74) is 7.39. The van der Waals surface area contributed by atoms with Gasteiger partial charge >= 0.3 is 21.1 Å². The second-order valence-electron chi connectivity index (χ2n) is 8.40. The number of Topliss-reactive ketones (excluding diaryl/α,β-unsaturated/α-hetero) is 1. The van der Waals surface area contributed by atoms with E-state index >= 15 is 0 Å². The molecule has 0 radical (unpaired) electrons. The van der Waals surface area contributed by atoms with Crippen molar-refractivity contribution >= 4 is 17.8 Å². The summed E-state index contributed by atoms with van der Waals surface area (Å²) < 4.78 is 0. The summed E-state index contributed by atoms with van der Waals surface area (Å²) in [7, 11) is 5.88. The van der Waals surface area contributed by atoms with E-state index in [9.17, 15) is 9.59 Å². The fourth-order valence-electron chi connectivity index (χ4n) is 3.50. The van der Waals surface area contributed by atoms with E-state index in [1.807, 2.05) is 74.6 Å². The molecule has 0 saturated heterocycles. The van der Waals surface area contributed by atoms with Crippen LogP contribution in [0.3, 0.4) is 0 Å². The third-order valence-electron chi connectivity index (χ3n) is 5.41. The molecule has 4 aromatic rings. The van der Waals surface area contributed by atoms with Crippen LogP contribution in [0.1, 0.15) is 28.4 Å². The molecule has 0 spiro atoms. The zero-order valence-corrected chi connectivity index (χ0v) is 23.7. The van der Waals surface area contributed by atoms with Gasteiger partial charge in [-0.25, -0.2) is 0 Å². The number of aromatic nitrogens is 2. The van der Waals surface area contributed by atoms with Crippen LogP contribution in [-0.4, -0.2) is 43.2 Å². The number of rotatable bonds is 8. The minimum atomic E-state index is 0. The molecule has 7 heteroatoms. The molecule has 4 rings (SSSR count). The van der Waals surface area contributed by atoms with Gasteiger partial charge in [-0.05, 0) is 43.1 Å². The monoisotopic (exact) mass is 673 g/mol. The first kappa shape index (κ1) is 29.8. The Hall–Kier alpha value is -3.47. The number of aldehydes is 1. The van der Waals surface area contributed by atoms with Crippen LogP contribution in [0.25, 0.3) is 22.5 Å². The molecule has 0 fully saturated rings. The molecule has 2 aromatic heterocycles. The Morgan fingerprint density at radius 1 is 0.919 bits per heavy atom. The Morgan fingerprint density at radius 2 is 1.57 bits per heavy atom. The Bertz CT molecular complexity index is 1320. The number of carbonyl (C=O) groups is 2. The maximum absolute atomic E-state index is 11.4. The van der Waals surface area contributed by atoms with Crippen LogP contribution < -0.4 is 10.2 Å². The number of anilines is 1. The number of ketones is 1. The first-order valence-corrected chi connectivity index (χ1v) is 11.6. The van der Waals surface area contributed by atoms with Gasteiger partial charge in [-0.3, -0.25) is 4.79 Å². The van der Waals surface area contributed by atoms with E-state index in [-0.39, 0.29) is 26.8 Å². The molecule has 0 aliphatic rings. The van der Waals surface area contributed by atoms with Crippen LogP contribution >= 0.6 is 0 Å². The summed E-state index contributed by atoms with van der Waals surface area (Å²) in [5.74, 6) is 0.0500. The van der Waals surface area contributed by atoms with Crippen LogP contribution in [-0.2, 0) is 38.8 Å². The van der Waals surface area contributed by atoms with Gasteiger partial charge < -0.3 is 25.0 Å². The molecule has 0 aliphatic carbocycles. The summed E-state index contributed by atoms with van der Waals surface area (Å²) in [6, 6.07) is 25.2. The van der Waals surface area contributed by atoms with Crippen molar-refractivity contribution in [3.63, 3.8) is 0 Å².